The van der Waals surface area contributed by atoms with Gasteiger partial charge in [-0.2, -0.15) is 0 Å². The van der Waals surface area contributed by atoms with E-state index >= 15 is 0 Å². The number of amides is 1. The van der Waals surface area contributed by atoms with Crippen LogP contribution in [0.25, 0.3) is 0 Å². The molecule has 23 heavy (non-hydrogen) atoms. The van der Waals surface area contributed by atoms with Gasteiger partial charge in [0.25, 0.3) is 0 Å². The predicted octanol–water partition coefficient (Wildman–Crippen LogP) is 1.94. The highest BCUT2D eigenvalue weighted by Crippen LogP contribution is 2.38. The van der Waals surface area contributed by atoms with Crippen molar-refractivity contribution in [3.05, 3.63) is 12.1 Å². The molecule has 3 N–H and O–H groups in total. The second-order valence-corrected chi connectivity index (χ2v) is 5.27. The van der Waals surface area contributed by atoms with E-state index in [0.29, 0.717) is 29.5 Å². The van der Waals surface area contributed by atoms with Crippen molar-refractivity contribution in [1.29, 1.82) is 0 Å². The van der Waals surface area contributed by atoms with E-state index < -0.39 is 0 Å². The van der Waals surface area contributed by atoms with Crippen LogP contribution in [0.2, 0.25) is 0 Å². The smallest absolute Gasteiger partial charge is 0.231 e. The van der Waals surface area contributed by atoms with Crippen molar-refractivity contribution in [3.8, 4) is 11.5 Å². The Bertz CT molecular complexity index is 549. The second kappa shape index (κ2) is 8.24. The number of benzene rings is 1. The SMILES string of the molecule is Cl.Nc1cc2c(cc1NC(=O)CCOC1CCOCC1)OCO2. The number of hydrogen-bond acceptors (Lipinski definition) is 6. The van der Waals surface area contributed by atoms with Crippen LogP contribution < -0.4 is 20.5 Å². The number of nitrogen functional groups attached to an aromatic ring is 1. The predicted molar refractivity (Wildman–Crippen MR) is 87.3 cm³/mol. The molecule has 0 unspecified atom stereocenters. The van der Waals surface area contributed by atoms with Gasteiger partial charge in [0.1, 0.15) is 0 Å². The largest absolute Gasteiger partial charge is 0.454 e. The van der Waals surface area contributed by atoms with Crippen molar-refractivity contribution in [2.75, 3.05) is 37.7 Å². The number of hydrogen-bond donors (Lipinski definition) is 2. The minimum Gasteiger partial charge on any atom is -0.454 e. The fraction of sp³-hybridized carbons (Fsp3) is 0.533. The number of nitrogens with two attached hydrogens (primary N) is 1. The van der Waals surface area contributed by atoms with Crippen LogP contribution in [0.4, 0.5) is 11.4 Å². The lowest BCUT2D eigenvalue weighted by atomic mass is 10.1. The van der Waals surface area contributed by atoms with Crippen molar-refractivity contribution in [2.24, 2.45) is 0 Å². The third-order valence-corrected chi connectivity index (χ3v) is 3.67. The molecule has 2 aliphatic heterocycles. The Morgan fingerprint density at radius 2 is 1.96 bits per heavy atom. The summed E-state index contributed by atoms with van der Waals surface area (Å²) in [5.74, 6) is 1.04. The van der Waals surface area contributed by atoms with Crippen molar-refractivity contribution in [1.82, 2.24) is 0 Å². The second-order valence-electron chi connectivity index (χ2n) is 5.27. The van der Waals surface area contributed by atoms with Crippen LogP contribution >= 0.6 is 12.4 Å². The topological polar surface area (TPSA) is 92.0 Å². The summed E-state index contributed by atoms with van der Waals surface area (Å²) in [6.07, 6.45) is 2.25. The number of nitrogens with one attached hydrogen (secondary N) is 1. The molecule has 1 amide bonds. The summed E-state index contributed by atoms with van der Waals surface area (Å²) >= 11 is 0. The van der Waals surface area contributed by atoms with Crippen LogP contribution in [-0.2, 0) is 14.3 Å². The van der Waals surface area contributed by atoms with E-state index in [1.54, 1.807) is 12.1 Å². The quantitative estimate of drug-likeness (QED) is 0.793. The monoisotopic (exact) mass is 344 g/mol. The van der Waals surface area contributed by atoms with Crippen molar-refractivity contribution >= 4 is 29.7 Å². The number of carbonyl (C=O) groups is 1. The van der Waals surface area contributed by atoms with Gasteiger partial charge in [-0.3, -0.25) is 4.79 Å². The van der Waals surface area contributed by atoms with Crippen LogP contribution in [0.1, 0.15) is 19.3 Å². The minimum atomic E-state index is -0.141. The summed E-state index contributed by atoms with van der Waals surface area (Å²) in [6.45, 7) is 2.02. The molecule has 0 aliphatic carbocycles. The molecule has 0 atom stereocenters. The molecule has 3 rings (SSSR count). The van der Waals surface area contributed by atoms with Crippen LogP contribution in [0.15, 0.2) is 12.1 Å². The van der Waals surface area contributed by atoms with E-state index in [1.165, 1.54) is 0 Å². The average molecular weight is 345 g/mol. The highest BCUT2D eigenvalue weighted by atomic mass is 35.5. The third-order valence-electron chi connectivity index (χ3n) is 3.67. The van der Waals surface area contributed by atoms with Gasteiger partial charge in [0.15, 0.2) is 11.5 Å². The zero-order valence-corrected chi connectivity index (χ0v) is 13.5. The molecule has 0 radical (unpaired) electrons. The molecule has 2 aliphatic rings. The van der Waals surface area contributed by atoms with Crippen LogP contribution in [0.5, 0.6) is 11.5 Å². The zero-order chi connectivity index (χ0) is 15.4. The minimum absolute atomic E-state index is 0. The van der Waals surface area contributed by atoms with E-state index in [9.17, 15) is 4.79 Å². The molecule has 2 heterocycles. The average Bonchev–Trinajstić information content (AvgIpc) is 2.96. The molecule has 0 aromatic heterocycles. The summed E-state index contributed by atoms with van der Waals surface area (Å²) in [4.78, 5) is 12.0. The number of fused-ring (bicyclic) bond motifs is 1. The van der Waals surface area contributed by atoms with Gasteiger partial charge in [0, 0.05) is 25.3 Å². The maximum absolute atomic E-state index is 12.0. The Kier molecular flexibility index (Phi) is 6.32. The van der Waals surface area contributed by atoms with E-state index in [0.717, 1.165) is 26.1 Å². The molecule has 1 aromatic carbocycles. The summed E-state index contributed by atoms with van der Waals surface area (Å²) in [7, 11) is 0. The van der Waals surface area contributed by atoms with Gasteiger partial charge in [-0.1, -0.05) is 0 Å². The number of carbonyl (C=O) groups excluding carboxylic acids is 1. The summed E-state index contributed by atoms with van der Waals surface area (Å²) in [6, 6.07) is 3.32. The van der Waals surface area contributed by atoms with Gasteiger partial charge in [0.05, 0.1) is 30.5 Å². The highest BCUT2D eigenvalue weighted by molar-refractivity contribution is 5.94. The Labute approximate surface area is 140 Å². The Morgan fingerprint density at radius 1 is 1.26 bits per heavy atom. The summed E-state index contributed by atoms with van der Waals surface area (Å²) in [5.41, 5.74) is 6.87. The molecule has 8 heteroatoms. The Morgan fingerprint density at radius 3 is 2.70 bits per heavy atom. The first kappa shape index (κ1) is 17.7. The first-order valence-corrected chi connectivity index (χ1v) is 7.40. The summed E-state index contributed by atoms with van der Waals surface area (Å²) < 4.78 is 21.4. The van der Waals surface area contributed by atoms with Crippen LogP contribution in [0.3, 0.4) is 0 Å². The molecular formula is C15H21ClN2O5. The summed E-state index contributed by atoms with van der Waals surface area (Å²) in [5, 5.41) is 2.77. The molecule has 0 saturated carbocycles. The zero-order valence-electron chi connectivity index (χ0n) is 12.7. The Hall–Kier alpha value is -1.70. The normalized spacial score (nSPS) is 16.7. The molecule has 0 spiro atoms. The third kappa shape index (κ3) is 4.63. The fourth-order valence-corrected chi connectivity index (χ4v) is 2.44. The van der Waals surface area contributed by atoms with Gasteiger partial charge in [-0.05, 0) is 12.8 Å². The van der Waals surface area contributed by atoms with E-state index in [1.807, 2.05) is 0 Å². The van der Waals surface area contributed by atoms with E-state index in [4.69, 9.17) is 24.7 Å². The van der Waals surface area contributed by atoms with Gasteiger partial charge in [-0.15, -0.1) is 12.4 Å². The molecule has 1 aromatic rings. The molecule has 128 valence electrons. The van der Waals surface area contributed by atoms with Crippen molar-refractivity contribution < 1.29 is 23.7 Å². The molecule has 1 fully saturated rings. The van der Waals surface area contributed by atoms with Crippen molar-refractivity contribution in [2.45, 2.75) is 25.4 Å². The van der Waals surface area contributed by atoms with E-state index in [-0.39, 0.29) is 37.6 Å². The number of anilines is 2. The fourth-order valence-electron chi connectivity index (χ4n) is 2.44. The van der Waals surface area contributed by atoms with Crippen LogP contribution in [-0.4, -0.2) is 38.6 Å². The van der Waals surface area contributed by atoms with Crippen molar-refractivity contribution in [3.63, 3.8) is 0 Å². The molecule has 1 saturated heterocycles. The Balaban J connectivity index is 0.00000192. The highest BCUT2D eigenvalue weighted by Gasteiger charge is 2.18. The first-order chi connectivity index (χ1) is 10.7. The molecule has 0 bridgehead atoms. The number of rotatable bonds is 5. The number of ether oxygens (including phenoxy) is 4. The molecule has 7 nitrogen and oxygen atoms in total. The maximum Gasteiger partial charge on any atom is 0.231 e. The van der Waals surface area contributed by atoms with Gasteiger partial charge >= 0.3 is 0 Å². The van der Waals surface area contributed by atoms with Gasteiger partial charge in [-0.25, -0.2) is 0 Å². The number of halogens is 1. The lowest BCUT2D eigenvalue weighted by Crippen LogP contribution is -2.25. The lowest BCUT2D eigenvalue weighted by molar-refractivity contribution is -0.118. The van der Waals surface area contributed by atoms with Gasteiger partial charge in [0.2, 0.25) is 12.7 Å². The standard InChI is InChI=1S/C15H20N2O5.ClH/c16-11-7-13-14(22-9-21-13)8-12(11)17-15(18)3-6-20-10-1-4-19-5-2-10;/h7-8,10H,1-6,9,16H2,(H,17,18);1H. The van der Waals surface area contributed by atoms with E-state index in [2.05, 4.69) is 5.32 Å². The first-order valence-electron chi connectivity index (χ1n) is 7.40. The van der Waals surface area contributed by atoms with Crippen LogP contribution in [0, 0.1) is 0 Å². The maximum atomic E-state index is 12.0. The lowest BCUT2D eigenvalue weighted by Gasteiger charge is -2.22. The van der Waals surface area contributed by atoms with Gasteiger partial charge < -0.3 is 30.0 Å². The molecular weight excluding hydrogens is 324 g/mol.